The summed E-state index contributed by atoms with van der Waals surface area (Å²) in [7, 11) is 1.63. The number of likely N-dealkylation sites (tertiary alicyclic amines) is 1. The standard InChI is InChI=1S/C23H33N5O4/c1-4-6-14-28-21(24)20(22(30)25-23(28)31)27(5-2)19(29)15-26-13-7-8-18(26)16-9-11-17(32-3)12-10-16/h9-12,18H,4-8,13-15,24H2,1-3H3,(H,25,30,31). The van der Waals surface area contributed by atoms with Gasteiger partial charge in [0.15, 0.2) is 5.69 Å². The lowest BCUT2D eigenvalue weighted by Crippen LogP contribution is -2.45. The number of hydrogen-bond donors (Lipinski definition) is 2. The SMILES string of the molecule is CCCCn1c(N)c(N(CC)C(=O)CN2CCCC2c2ccc(OC)cc2)c(=O)[nH]c1=O. The summed E-state index contributed by atoms with van der Waals surface area (Å²) < 4.78 is 6.58. The Morgan fingerprint density at radius 3 is 2.59 bits per heavy atom. The van der Waals surface area contributed by atoms with Gasteiger partial charge in [-0.2, -0.15) is 0 Å². The van der Waals surface area contributed by atoms with Crippen LogP contribution in [0.4, 0.5) is 11.5 Å². The third-order valence-electron chi connectivity index (χ3n) is 6.04. The highest BCUT2D eigenvalue weighted by Crippen LogP contribution is 2.32. The summed E-state index contributed by atoms with van der Waals surface area (Å²) in [4.78, 5) is 44.0. The summed E-state index contributed by atoms with van der Waals surface area (Å²) in [6.45, 7) is 5.43. The van der Waals surface area contributed by atoms with Gasteiger partial charge in [0.25, 0.3) is 5.56 Å². The maximum absolute atomic E-state index is 13.3. The number of aromatic amines is 1. The minimum atomic E-state index is -0.636. The molecule has 0 saturated carbocycles. The summed E-state index contributed by atoms with van der Waals surface area (Å²) in [5, 5.41) is 0. The molecule has 0 spiro atoms. The predicted molar refractivity (Wildman–Crippen MR) is 125 cm³/mol. The first kappa shape index (κ1) is 23.6. The van der Waals surface area contributed by atoms with E-state index in [0.717, 1.165) is 43.5 Å². The lowest BCUT2D eigenvalue weighted by atomic mass is 10.0. The van der Waals surface area contributed by atoms with Gasteiger partial charge in [-0.05, 0) is 50.4 Å². The van der Waals surface area contributed by atoms with Crippen LogP contribution < -0.4 is 26.6 Å². The third-order valence-corrected chi connectivity index (χ3v) is 6.04. The van der Waals surface area contributed by atoms with Gasteiger partial charge in [0, 0.05) is 19.1 Å². The fourth-order valence-corrected chi connectivity index (χ4v) is 4.31. The minimum Gasteiger partial charge on any atom is -0.497 e. The Morgan fingerprint density at radius 1 is 1.25 bits per heavy atom. The van der Waals surface area contributed by atoms with E-state index >= 15 is 0 Å². The molecule has 2 aromatic rings. The molecule has 1 saturated heterocycles. The van der Waals surface area contributed by atoms with Crippen molar-refractivity contribution in [2.45, 2.75) is 52.1 Å². The van der Waals surface area contributed by atoms with Gasteiger partial charge in [0.05, 0.1) is 13.7 Å². The van der Waals surface area contributed by atoms with Gasteiger partial charge >= 0.3 is 5.69 Å². The van der Waals surface area contributed by atoms with Crippen LogP contribution in [0.25, 0.3) is 0 Å². The number of unbranched alkanes of at least 4 members (excludes halogenated alkanes) is 1. The maximum atomic E-state index is 13.3. The molecule has 9 heteroatoms. The Hall–Kier alpha value is -3.07. The van der Waals surface area contributed by atoms with Gasteiger partial charge in [-0.3, -0.25) is 24.0 Å². The lowest BCUT2D eigenvalue weighted by Gasteiger charge is -2.28. The number of H-pyrrole nitrogens is 1. The number of carbonyl (C=O) groups excluding carboxylic acids is 1. The first-order chi connectivity index (χ1) is 15.4. The molecule has 1 amide bonds. The number of aromatic nitrogens is 2. The highest BCUT2D eigenvalue weighted by atomic mass is 16.5. The largest absolute Gasteiger partial charge is 0.497 e. The number of ether oxygens (including phenoxy) is 1. The molecule has 174 valence electrons. The number of anilines is 2. The number of likely N-dealkylation sites (N-methyl/N-ethyl adjacent to an activating group) is 1. The predicted octanol–water partition coefficient (Wildman–Crippen LogP) is 2.12. The van der Waals surface area contributed by atoms with Crippen molar-refractivity contribution in [2.24, 2.45) is 0 Å². The number of nitrogens with one attached hydrogen (secondary N) is 1. The molecular weight excluding hydrogens is 410 g/mol. The zero-order valence-electron chi connectivity index (χ0n) is 19.1. The molecule has 3 N–H and O–H groups in total. The van der Waals surface area contributed by atoms with Crippen LogP contribution in [-0.4, -0.2) is 47.1 Å². The van der Waals surface area contributed by atoms with Crippen molar-refractivity contribution in [3.8, 4) is 5.75 Å². The number of benzene rings is 1. The topological polar surface area (TPSA) is 114 Å². The van der Waals surface area contributed by atoms with Gasteiger partial charge in [-0.1, -0.05) is 25.5 Å². The second-order valence-electron chi connectivity index (χ2n) is 8.04. The van der Waals surface area contributed by atoms with Gasteiger partial charge in [0.1, 0.15) is 11.6 Å². The summed E-state index contributed by atoms with van der Waals surface area (Å²) >= 11 is 0. The highest BCUT2D eigenvalue weighted by molar-refractivity contribution is 5.96. The average molecular weight is 444 g/mol. The van der Waals surface area contributed by atoms with Crippen molar-refractivity contribution < 1.29 is 9.53 Å². The van der Waals surface area contributed by atoms with Crippen molar-refractivity contribution in [3.05, 3.63) is 50.7 Å². The van der Waals surface area contributed by atoms with E-state index in [1.165, 1.54) is 9.47 Å². The number of nitrogens with two attached hydrogens (primary N) is 1. The smallest absolute Gasteiger partial charge is 0.330 e. The molecule has 0 aliphatic carbocycles. The Morgan fingerprint density at radius 2 is 1.97 bits per heavy atom. The Labute approximate surface area is 187 Å². The molecule has 2 heterocycles. The molecule has 9 nitrogen and oxygen atoms in total. The lowest BCUT2D eigenvalue weighted by molar-refractivity contribution is -0.120. The van der Waals surface area contributed by atoms with Crippen LogP contribution >= 0.6 is 0 Å². The van der Waals surface area contributed by atoms with E-state index in [9.17, 15) is 14.4 Å². The van der Waals surface area contributed by atoms with E-state index in [0.29, 0.717) is 6.54 Å². The van der Waals surface area contributed by atoms with Crippen LogP contribution in [0.1, 0.15) is 51.1 Å². The Balaban J connectivity index is 1.84. The third kappa shape index (κ3) is 4.88. The van der Waals surface area contributed by atoms with E-state index in [1.54, 1.807) is 14.0 Å². The Bertz CT molecular complexity index is 1040. The van der Waals surface area contributed by atoms with Gasteiger partial charge < -0.3 is 15.4 Å². The molecule has 1 aliphatic rings. The van der Waals surface area contributed by atoms with E-state index < -0.39 is 11.2 Å². The first-order valence-corrected chi connectivity index (χ1v) is 11.2. The molecule has 0 radical (unpaired) electrons. The molecule has 1 aromatic heterocycles. The summed E-state index contributed by atoms with van der Waals surface area (Å²) in [6.07, 6.45) is 3.56. The van der Waals surface area contributed by atoms with E-state index in [-0.39, 0.29) is 36.5 Å². The molecule has 3 rings (SSSR count). The summed E-state index contributed by atoms with van der Waals surface area (Å²) in [6, 6.07) is 8.02. The normalized spacial score (nSPS) is 16.3. The van der Waals surface area contributed by atoms with E-state index in [4.69, 9.17) is 10.5 Å². The van der Waals surface area contributed by atoms with Crippen molar-refractivity contribution in [3.63, 3.8) is 0 Å². The van der Waals surface area contributed by atoms with Gasteiger partial charge in [-0.25, -0.2) is 4.79 Å². The highest BCUT2D eigenvalue weighted by Gasteiger charge is 2.30. The summed E-state index contributed by atoms with van der Waals surface area (Å²) in [5.74, 6) is 0.612. The zero-order valence-corrected chi connectivity index (χ0v) is 19.1. The van der Waals surface area contributed by atoms with Crippen LogP contribution in [0.5, 0.6) is 5.75 Å². The molecule has 32 heavy (non-hydrogen) atoms. The monoisotopic (exact) mass is 443 g/mol. The number of nitrogens with zero attached hydrogens (tertiary/aromatic N) is 3. The maximum Gasteiger partial charge on any atom is 0.330 e. The second-order valence-corrected chi connectivity index (χ2v) is 8.04. The van der Waals surface area contributed by atoms with Crippen LogP contribution in [0, 0.1) is 0 Å². The Kier molecular flexibility index (Phi) is 7.74. The number of rotatable bonds is 9. The second kappa shape index (κ2) is 10.5. The van der Waals surface area contributed by atoms with Crippen LogP contribution in [0.15, 0.2) is 33.9 Å². The number of carbonyl (C=O) groups is 1. The number of methoxy groups -OCH3 is 1. The fourth-order valence-electron chi connectivity index (χ4n) is 4.31. The molecule has 1 fully saturated rings. The van der Waals surface area contributed by atoms with Crippen LogP contribution in [-0.2, 0) is 11.3 Å². The van der Waals surface area contributed by atoms with Crippen molar-refractivity contribution in [2.75, 3.05) is 37.4 Å². The molecule has 1 aromatic carbocycles. The number of amides is 1. The molecule has 1 unspecified atom stereocenters. The zero-order chi connectivity index (χ0) is 23.3. The molecule has 0 bridgehead atoms. The van der Waals surface area contributed by atoms with E-state index in [2.05, 4.69) is 9.88 Å². The van der Waals surface area contributed by atoms with Crippen LogP contribution in [0.2, 0.25) is 0 Å². The number of nitrogen functional groups attached to an aromatic ring is 1. The van der Waals surface area contributed by atoms with Crippen LogP contribution in [0.3, 0.4) is 0 Å². The quantitative estimate of drug-likeness (QED) is 0.614. The first-order valence-electron chi connectivity index (χ1n) is 11.2. The number of hydrogen-bond acceptors (Lipinski definition) is 6. The fraction of sp³-hybridized carbons (Fsp3) is 0.522. The van der Waals surface area contributed by atoms with Gasteiger partial charge in [0.2, 0.25) is 5.91 Å². The molecular formula is C23H33N5O4. The van der Waals surface area contributed by atoms with Crippen molar-refractivity contribution in [1.29, 1.82) is 0 Å². The molecule has 1 atom stereocenters. The van der Waals surface area contributed by atoms with Crippen molar-refractivity contribution >= 4 is 17.4 Å². The summed E-state index contributed by atoms with van der Waals surface area (Å²) in [5.41, 5.74) is 6.21. The van der Waals surface area contributed by atoms with Crippen molar-refractivity contribution in [1.82, 2.24) is 14.5 Å². The van der Waals surface area contributed by atoms with E-state index in [1.807, 2.05) is 31.2 Å². The average Bonchev–Trinajstić information content (AvgIpc) is 3.24. The molecule has 1 aliphatic heterocycles. The van der Waals surface area contributed by atoms with Gasteiger partial charge in [-0.15, -0.1) is 0 Å². The minimum absolute atomic E-state index is 0.0375.